The van der Waals surface area contributed by atoms with Crippen LogP contribution in [0.2, 0.25) is 0 Å². The van der Waals surface area contributed by atoms with Gasteiger partial charge < -0.3 is 10.8 Å². The third-order valence-electron chi connectivity index (χ3n) is 2.38. The van der Waals surface area contributed by atoms with Gasteiger partial charge in [0.05, 0.1) is 12.3 Å². The van der Waals surface area contributed by atoms with Crippen LogP contribution in [0.25, 0.3) is 0 Å². The van der Waals surface area contributed by atoms with E-state index in [9.17, 15) is 13.5 Å². The van der Waals surface area contributed by atoms with Gasteiger partial charge in [-0.25, -0.2) is 8.42 Å². The molecule has 7 nitrogen and oxygen atoms in total. The van der Waals surface area contributed by atoms with Gasteiger partial charge in [-0.2, -0.15) is 9.40 Å². The summed E-state index contributed by atoms with van der Waals surface area (Å²) in [6.45, 7) is 0.432. The zero-order chi connectivity index (χ0) is 11.1. The van der Waals surface area contributed by atoms with E-state index in [1.54, 1.807) is 0 Å². The van der Waals surface area contributed by atoms with Crippen molar-refractivity contribution in [2.24, 2.45) is 0 Å². The van der Waals surface area contributed by atoms with Gasteiger partial charge in [0.1, 0.15) is 10.7 Å². The van der Waals surface area contributed by atoms with Crippen LogP contribution in [0.1, 0.15) is 6.42 Å². The van der Waals surface area contributed by atoms with Crippen LogP contribution in [0.4, 0.5) is 5.82 Å². The van der Waals surface area contributed by atoms with Crippen LogP contribution in [-0.2, 0) is 10.0 Å². The van der Waals surface area contributed by atoms with E-state index in [4.69, 9.17) is 5.73 Å². The fourth-order valence-electron chi connectivity index (χ4n) is 1.56. The Morgan fingerprint density at radius 2 is 2.40 bits per heavy atom. The molecule has 1 fully saturated rings. The summed E-state index contributed by atoms with van der Waals surface area (Å²) < 4.78 is 25.1. The molecule has 2 heterocycles. The minimum atomic E-state index is -3.60. The maximum absolute atomic E-state index is 11.9. The number of β-amino-alcohol motifs (C(OH)–C–C–N with tert-alkyl or cyclic N) is 1. The fraction of sp³-hybridized carbons (Fsp3) is 0.571. The van der Waals surface area contributed by atoms with Crippen molar-refractivity contribution in [3.8, 4) is 0 Å². The molecule has 1 aliphatic heterocycles. The van der Waals surface area contributed by atoms with Gasteiger partial charge in [0, 0.05) is 13.1 Å². The number of aliphatic hydroxyl groups excluding tert-OH is 1. The monoisotopic (exact) mass is 232 g/mol. The number of sulfonamides is 1. The molecule has 0 aromatic carbocycles. The lowest BCUT2D eigenvalue weighted by molar-refractivity contribution is 0.189. The molecule has 2 rings (SSSR count). The zero-order valence-electron chi connectivity index (χ0n) is 7.92. The SMILES string of the molecule is Nc1[nH]ncc1S(=O)(=O)N1CC[C@H](O)C1. The first-order chi connectivity index (χ1) is 7.01. The third-order valence-corrected chi connectivity index (χ3v) is 4.27. The summed E-state index contributed by atoms with van der Waals surface area (Å²) >= 11 is 0. The number of hydrogen-bond donors (Lipinski definition) is 3. The molecule has 1 atom stereocenters. The van der Waals surface area contributed by atoms with Gasteiger partial charge in [-0.05, 0) is 6.42 Å². The van der Waals surface area contributed by atoms with E-state index < -0.39 is 16.1 Å². The van der Waals surface area contributed by atoms with E-state index in [0.29, 0.717) is 13.0 Å². The average molecular weight is 232 g/mol. The predicted molar refractivity (Wildman–Crippen MR) is 52.4 cm³/mol. The average Bonchev–Trinajstić information content (AvgIpc) is 2.74. The first-order valence-electron chi connectivity index (χ1n) is 4.49. The highest BCUT2D eigenvalue weighted by atomic mass is 32.2. The smallest absolute Gasteiger partial charge is 0.248 e. The van der Waals surface area contributed by atoms with E-state index in [-0.39, 0.29) is 17.3 Å². The number of nitrogens with two attached hydrogens (primary N) is 1. The molecule has 0 amide bonds. The van der Waals surface area contributed by atoms with Crippen LogP contribution in [-0.4, -0.2) is 47.2 Å². The van der Waals surface area contributed by atoms with Crippen molar-refractivity contribution in [2.45, 2.75) is 17.4 Å². The molecule has 4 N–H and O–H groups in total. The predicted octanol–water partition coefficient (Wildman–Crippen LogP) is -1.25. The Hall–Kier alpha value is -1.12. The van der Waals surface area contributed by atoms with Gasteiger partial charge >= 0.3 is 0 Å². The van der Waals surface area contributed by atoms with Crippen molar-refractivity contribution in [3.05, 3.63) is 6.20 Å². The molecule has 1 aromatic heterocycles. The number of aromatic nitrogens is 2. The van der Waals surface area contributed by atoms with E-state index in [1.165, 1.54) is 10.5 Å². The Labute approximate surface area is 86.9 Å². The van der Waals surface area contributed by atoms with Crippen molar-refractivity contribution in [3.63, 3.8) is 0 Å². The van der Waals surface area contributed by atoms with Gasteiger partial charge in [0.25, 0.3) is 0 Å². The molecule has 15 heavy (non-hydrogen) atoms. The van der Waals surface area contributed by atoms with Gasteiger partial charge in [0.2, 0.25) is 10.0 Å². The number of nitrogens with zero attached hydrogens (tertiary/aromatic N) is 2. The second kappa shape index (κ2) is 3.47. The summed E-state index contributed by atoms with van der Waals surface area (Å²) in [6.07, 6.45) is 1.04. The number of nitrogen functional groups attached to an aromatic ring is 1. The van der Waals surface area contributed by atoms with Crippen LogP contribution in [0, 0.1) is 0 Å². The first kappa shape index (κ1) is 10.4. The topological polar surface area (TPSA) is 112 Å². The van der Waals surface area contributed by atoms with Crippen molar-refractivity contribution in [2.75, 3.05) is 18.8 Å². The molecule has 0 bridgehead atoms. The maximum atomic E-state index is 11.9. The van der Waals surface area contributed by atoms with Crippen molar-refractivity contribution in [1.82, 2.24) is 14.5 Å². The molecule has 0 saturated carbocycles. The molecule has 0 unspecified atom stereocenters. The summed E-state index contributed by atoms with van der Waals surface area (Å²) in [6, 6.07) is 0. The molecule has 1 saturated heterocycles. The quantitative estimate of drug-likeness (QED) is 0.589. The summed E-state index contributed by atoms with van der Waals surface area (Å²) in [5.74, 6) is 0.0244. The second-order valence-electron chi connectivity index (χ2n) is 3.45. The molecular weight excluding hydrogens is 220 g/mol. The Morgan fingerprint density at radius 1 is 1.67 bits per heavy atom. The molecule has 8 heteroatoms. The van der Waals surface area contributed by atoms with Crippen LogP contribution in [0.15, 0.2) is 11.1 Å². The molecule has 0 radical (unpaired) electrons. The highest BCUT2D eigenvalue weighted by molar-refractivity contribution is 7.89. The van der Waals surface area contributed by atoms with Crippen molar-refractivity contribution in [1.29, 1.82) is 0 Å². The fourth-order valence-corrected chi connectivity index (χ4v) is 3.06. The number of aliphatic hydroxyl groups is 1. The zero-order valence-corrected chi connectivity index (χ0v) is 8.74. The Balaban J connectivity index is 2.32. The summed E-state index contributed by atoms with van der Waals surface area (Å²) in [7, 11) is -3.60. The minimum Gasteiger partial charge on any atom is -0.392 e. The van der Waals surface area contributed by atoms with Gasteiger partial charge in [-0.3, -0.25) is 5.10 Å². The van der Waals surface area contributed by atoms with E-state index >= 15 is 0 Å². The van der Waals surface area contributed by atoms with Crippen LogP contribution in [0.3, 0.4) is 0 Å². The van der Waals surface area contributed by atoms with Crippen LogP contribution in [0.5, 0.6) is 0 Å². The van der Waals surface area contributed by atoms with Crippen LogP contribution < -0.4 is 5.73 Å². The molecule has 1 aromatic rings. The number of anilines is 1. The lowest BCUT2D eigenvalue weighted by Crippen LogP contribution is -2.29. The number of aromatic amines is 1. The lowest BCUT2D eigenvalue weighted by Gasteiger charge is -2.14. The van der Waals surface area contributed by atoms with Gasteiger partial charge in [-0.1, -0.05) is 0 Å². The maximum Gasteiger partial charge on any atom is 0.248 e. The molecular formula is C7H12N4O3S. The molecule has 0 spiro atoms. The highest BCUT2D eigenvalue weighted by Crippen LogP contribution is 2.23. The summed E-state index contributed by atoms with van der Waals surface area (Å²) in [4.78, 5) is -0.0309. The Bertz CT molecular complexity index is 455. The Morgan fingerprint density at radius 3 is 2.87 bits per heavy atom. The van der Waals surface area contributed by atoms with Crippen molar-refractivity contribution >= 4 is 15.8 Å². The van der Waals surface area contributed by atoms with Crippen molar-refractivity contribution < 1.29 is 13.5 Å². The standard InChI is InChI=1S/C7H12N4O3S/c8-7-6(3-9-10-7)15(13,14)11-2-1-5(12)4-11/h3,5,12H,1-2,4H2,(H3,8,9,10)/t5-/m0/s1. The van der Waals surface area contributed by atoms with E-state index in [2.05, 4.69) is 10.2 Å². The van der Waals surface area contributed by atoms with Gasteiger partial charge in [0.15, 0.2) is 0 Å². The molecule has 1 aliphatic rings. The van der Waals surface area contributed by atoms with Gasteiger partial charge in [-0.15, -0.1) is 0 Å². The molecule has 84 valence electrons. The van der Waals surface area contributed by atoms with E-state index in [1.807, 2.05) is 0 Å². The van der Waals surface area contributed by atoms with E-state index in [0.717, 1.165) is 0 Å². The largest absolute Gasteiger partial charge is 0.392 e. The number of H-pyrrole nitrogens is 1. The Kier molecular flexibility index (Phi) is 2.41. The number of rotatable bonds is 2. The first-order valence-corrected chi connectivity index (χ1v) is 5.93. The lowest BCUT2D eigenvalue weighted by atomic mass is 10.3. The number of hydrogen-bond acceptors (Lipinski definition) is 5. The minimum absolute atomic E-state index is 0.0244. The number of nitrogens with one attached hydrogen (secondary N) is 1. The summed E-state index contributed by atoms with van der Waals surface area (Å²) in [5, 5.41) is 15.2. The highest BCUT2D eigenvalue weighted by Gasteiger charge is 2.33. The second-order valence-corrected chi connectivity index (χ2v) is 5.36. The molecule has 0 aliphatic carbocycles. The third kappa shape index (κ3) is 1.71. The van der Waals surface area contributed by atoms with Crippen LogP contribution >= 0.6 is 0 Å². The summed E-state index contributed by atoms with van der Waals surface area (Å²) in [5.41, 5.74) is 5.44. The normalized spacial score (nSPS) is 23.4.